The third kappa shape index (κ3) is 3.58. The Morgan fingerprint density at radius 2 is 1.52 bits per heavy atom. The van der Waals surface area contributed by atoms with Crippen molar-refractivity contribution >= 4 is 36.1 Å². The van der Waals surface area contributed by atoms with Crippen LogP contribution in [0.1, 0.15) is 12.8 Å². The van der Waals surface area contributed by atoms with Crippen molar-refractivity contribution in [3.8, 4) is 5.75 Å². The standard InChI is InChI=1S/C17H14F2N2O3S/c18-10-1-3-11(4-2-10)20-15(22)17(7-8-17)16(23)21-12-5-6-14(24-25)13(19)9-12/h1-6,9,25H,7-8H2,(H,20,22)(H,21,23). The van der Waals surface area contributed by atoms with Gasteiger partial charge in [0.2, 0.25) is 11.8 Å². The summed E-state index contributed by atoms with van der Waals surface area (Å²) < 4.78 is 31.1. The molecule has 2 N–H and O–H groups in total. The number of carbonyl (C=O) groups excluding carboxylic acids is 2. The van der Waals surface area contributed by atoms with E-state index in [4.69, 9.17) is 0 Å². The van der Waals surface area contributed by atoms with Gasteiger partial charge in [0.25, 0.3) is 0 Å². The van der Waals surface area contributed by atoms with Crippen LogP contribution in [0.15, 0.2) is 42.5 Å². The van der Waals surface area contributed by atoms with Crippen molar-refractivity contribution in [3.05, 3.63) is 54.1 Å². The Morgan fingerprint density at radius 3 is 2.04 bits per heavy atom. The molecule has 0 heterocycles. The molecule has 1 fully saturated rings. The van der Waals surface area contributed by atoms with Crippen LogP contribution in [0.4, 0.5) is 20.2 Å². The van der Waals surface area contributed by atoms with Gasteiger partial charge < -0.3 is 14.8 Å². The molecular weight excluding hydrogens is 350 g/mol. The average molecular weight is 364 g/mol. The van der Waals surface area contributed by atoms with Gasteiger partial charge in [-0.3, -0.25) is 9.59 Å². The van der Waals surface area contributed by atoms with Crippen LogP contribution in [0.5, 0.6) is 5.75 Å². The van der Waals surface area contributed by atoms with E-state index in [1.54, 1.807) is 0 Å². The van der Waals surface area contributed by atoms with Crippen molar-refractivity contribution in [1.29, 1.82) is 0 Å². The van der Waals surface area contributed by atoms with Crippen molar-refractivity contribution in [2.75, 3.05) is 10.6 Å². The summed E-state index contributed by atoms with van der Waals surface area (Å²) >= 11 is 3.52. The SMILES string of the molecule is O=C(Nc1ccc(F)cc1)C1(C(=O)Nc2ccc(OS)c(F)c2)CC1. The van der Waals surface area contributed by atoms with E-state index in [0.29, 0.717) is 18.5 Å². The lowest BCUT2D eigenvalue weighted by Gasteiger charge is -2.15. The van der Waals surface area contributed by atoms with E-state index in [1.165, 1.54) is 36.4 Å². The Kier molecular flexibility index (Phi) is 4.63. The molecule has 0 saturated heterocycles. The van der Waals surface area contributed by atoms with Gasteiger partial charge in [-0.15, -0.1) is 0 Å². The molecule has 130 valence electrons. The molecule has 25 heavy (non-hydrogen) atoms. The lowest BCUT2D eigenvalue weighted by molar-refractivity contribution is -0.131. The van der Waals surface area contributed by atoms with E-state index in [-0.39, 0.29) is 11.4 Å². The minimum atomic E-state index is -1.20. The second-order valence-corrected chi connectivity index (χ2v) is 5.92. The maximum atomic E-state index is 13.7. The molecular formula is C17H14F2N2O3S. The lowest BCUT2D eigenvalue weighted by Crippen LogP contribution is -2.35. The minimum absolute atomic E-state index is 0.0727. The number of anilines is 2. The topological polar surface area (TPSA) is 67.4 Å². The van der Waals surface area contributed by atoms with Gasteiger partial charge in [0, 0.05) is 30.4 Å². The van der Waals surface area contributed by atoms with Crippen molar-refractivity contribution < 1.29 is 22.6 Å². The second-order valence-electron chi connectivity index (χ2n) is 5.73. The van der Waals surface area contributed by atoms with Crippen LogP contribution in [0.3, 0.4) is 0 Å². The summed E-state index contributed by atoms with van der Waals surface area (Å²) in [5, 5.41) is 5.13. The number of amides is 2. The number of rotatable bonds is 5. The van der Waals surface area contributed by atoms with Crippen molar-refractivity contribution in [2.45, 2.75) is 12.8 Å². The predicted molar refractivity (Wildman–Crippen MR) is 91.3 cm³/mol. The van der Waals surface area contributed by atoms with Crippen LogP contribution < -0.4 is 14.8 Å². The highest BCUT2D eigenvalue weighted by atomic mass is 32.1. The molecule has 3 rings (SSSR count). The summed E-state index contributed by atoms with van der Waals surface area (Å²) in [6.45, 7) is 0. The van der Waals surface area contributed by atoms with E-state index in [9.17, 15) is 18.4 Å². The fourth-order valence-corrected chi connectivity index (χ4v) is 2.52. The first-order chi connectivity index (χ1) is 11.9. The van der Waals surface area contributed by atoms with E-state index in [2.05, 4.69) is 27.7 Å². The summed E-state index contributed by atoms with van der Waals surface area (Å²) in [6, 6.07) is 9.08. The molecule has 0 aromatic heterocycles. The van der Waals surface area contributed by atoms with E-state index >= 15 is 0 Å². The van der Waals surface area contributed by atoms with E-state index in [0.717, 1.165) is 6.07 Å². The molecule has 0 aliphatic heterocycles. The van der Waals surface area contributed by atoms with Gasteiger partial charge in [0.05, 0.1) is 0 Å². The summed E-state index contributed by atoms with van der Waals surface area (Å²) in [5.41, 5.74) is -0.604. The van der Waals surface area contributed by atoms with Gasteiger partial charge in [-0.25, -0.2) is 8.78 Å². The average Bonchev–Trinajstić information content (AvgIpc) is 3.39. The maximum absolute atomic E-state index is 13.7. The second kappa shape index (κ2) is 6.72. The fraction of sp³-hybridized carbons (Fsp3) is 0.176. The summed E-state index contributed by atoms with van der Waals surface area (Å²) in [6.07, 6.45) is 0.762. The van der Waals surface area contributed by atoms with E-state index in [1.807, 2.05) is 0 Å². The fourth-order valence-electron chi connectivity index (χ4n) is 2.37. The first kappa shape index (κ1) is 17.2. The smallest absolute Gasteiger partial charge is 0.240 e. The molecule has 1 saturated carbocycles. The Morgan fingerprint density at radius 1 is 0.960 bits per heavy atom. The normalized spacial score (nSPS) is 14.5. The number of thiol groups is 1. The van der Waals surface area contributed by atoms with Gasteiger partial charge >= 0.3 is 0 Å². The lowest BCUT2D eigenvalue weighted by atomic mass is 10.0. The molecule has 0 unspecified atom stereocenters. The Labute approximate surface area is 148 Å². The van der Waals surface area contributed by atoms with Gasteiger partial charge in [-0.05, 0) is 49.2 Å². The third-order valence-corrected chi connectivity index (χ3v) is 4.21. The number of benzene rings is 2. The van der Waals surface area contributed by atoms with Crippen LogP contribution in [0.25, 0.3) is 0 Å². The molecule has 2 aromatic carbocycles. The van der Waals surface area contributed by atoms with Gasteiger partial charge in [-0.1, -0.05) is 0 Å². The number of halogens is 2. The van der Waals surface area contributed by atoms with Crippen LogP contribution in [-0.4, -0.2) is 11.8 Å². The van der Waals surface area contributed by atoms with Crippen molar-refractivity contribution in [1.82, 2.24) is 0 Å². The zero-order chi connectivity index (χ0) is 18.0. The van der Waals surface area contributed by atoms with Crippen LogP contribution >= 0.6 is 12.9 Å². The number of nitrogens with one attached hydrogen (secondary N) is 2. The van der Waals surface area contributed by atoms with Crippen molar-refractivity contribution in [3.63, 3.8) is 0 Å². The molecule has 0 bridgehead atoms. The minimum Gasteiger partial charge on any atom is -0.426 e. The van der Waals surface area contributed by atoms with Crippen LogP contribution in [0.2, 0.25) is 0 Å². The zero-order valence-corrected chi connectivity index (χ0v) is 13.8. The molecule has 0 radical (unpaired) electrons. The zero-order valence-electron chi connectivity index (χ0n) is 12.9. The van der Waals surface area contributed by atoms with Crippen molar-refractivity contribution in [2.24, 2.45) is 5.41 Å². The molecule has 5 nitrogen and oxygen atoms in total. The maximum Gasteiger partial charge on any atom is 0.240 e. The summed E-state index contributed by atoms with van der Waals surface area (Å²) in [4.78, 5) is 24.9. The Hall–Kier alpha value is -2.61. The monoisotopic (exact) mass is 364 g/mol. The molecule has 1 aliphatic carbocycles. The highest BCUT2D eigenvalue weighted by molar-refractivity contribution is 7.75. The molecule has 0 atom stereocenters. The Balaban J connectivity index is 1.69. The molecule has 2 aromatic rings. The number of carbonyl (C=O) groups is 2. The van der Waals surface area contributed by atoms with Crippen LogP contribution in [0, 0.1) is 17.0 Å². The molecule has 2 amide bonds. The van der Waals surface area contributed by atoms with E-state index < -0.39 is 28.9 Å². The third-order valence-electron chi connectivity index (χ3n) is 4.01. The first-order valence-electron chi connectivity index (χ1n) is 7.44. The summed E-state index contributed by atoms with van der Waals surface area (Å²) in [7, 11) is 0. The largest absolute Gasteiger partial charge is 0.426 e. The number of hydrogen-bond acceptors (Lipinski definition) is 4. The molecule has 8 heteroatoms. The van der Waals surface area contributed by atoms with Gasteiger partial charge in [-0.2, -0.15) is 0 Å². The quantitative estimate of drug-likeness (QED) is 0.432. The Bertz CT molecular complexity index is 823. The van der Waals surface area contributed by atoms with Gasteiger partial charge in [0.15, 0.2) is 11.6 Å². The van der Waals surface area contributed by atoms with Crippen LogP contribution in [-0.2, 0) is 9.59 Å². The first-order valence-corrected chi connectivity index (χ1v) is 7.80. The number of hydrogen-bond donors (Lipinski definition) is 3. The molecule has 1 aliphatic rings. The predicted octanol–water partition coefficient (Wildman–Crippen LogP) is 3.55. The molecule has 0 spiro atoms. The summed E-state index contributed by atoms with van der Waals surface area (Å²) in [5.74, 6) is -2.18. The highest BCUT2D eigenvalue weighted by Gasteiger charge is 2.56. The highest BCUT2D eigenvalue weighted by Crippen LogP contribution is 2.47. The van der Waals surface area contributed by atoms with Gasteiger partial charge in [0.1, 0.15) is 11.2 Å².